The highest BCUT2D eigenvalue weighted by Crippen LogP contribution is 2.31. The Hall–Kier alpha value is -4.60. The second-order valence-electron chi connectivity index (χ2n) is 7.26. The Morgan fingerprint density at radius 2 is 1.74 bits per heavy atom. The van der Waals surface area contributed by atoms with Crippen LogP contribution in [0.25, 0.3) is 21.8 Å². The number of aromatic nitrogens is 3. The van der Waals surface area contributed by atoms with Crippen LogP contribution in [-0.4, -0.2) is 27.5 Å². The second kappa shape index (κ2) is 8.39. The topological polar surface area (TPSA) is 89.1 Å². The minimum atomic E-state index is -4.78. The number of nitrogens with zero attached hydrogens (tertiary/aromatic N) is 2. The van der Waals surface area contributed by atoms with E-state index in [1.165, 1.54) is 12.1 Å². The van der Waals surface area contributed by atoms with E-state index < -0.39 is 12.3 Å². The monoisotopic (exact) mass is 464 g/mol. The number of halogens is 3. The highest BCUT2D eigenvalue weighted by atomic mass is 19.4. The minimum absolute atomic E-state index is 0.332. The number of hydrogen-bond donors (Lipinski definition) is 2. The number of pyridine rings is 1. The lowest BCUT2D eigenvalue weighted by molar-refractivity contribution is -0.274. The van der Waals surface area contributed by atoms with Gasteiger partial charge in [0.1, 0.15) is 17.2 Å². The zero-order valence-corrected chi connectivity index (χ0v) is 17.3. The number of carbonyl (C=O) groups excluding carboxylic acids is 1. The lowest BCUT2D eigenvalue weighted by Gasteiger charge is -2.12. The summed E-state index contributed by atoms with van der Waals surface area (Å²) >= 11 is 0. The molecule has 7 nitrogen and oxygen atoms in total. The Labute approximate surface area is 190 Å². The van der Waals surface area contributed by atoms with Gasteiger partial charge in [0.05, 0.1) is 11.6 Å². The number of fused-ring (bicyclic) bond motifs is 2. The molecule has 0 aliphatic heterocycles. The van der Waals surface area contributed by atoms with Gasteiger partial charge in [0.2, 0.25) is 0 Å². The molecule has 10 heteroatoms. The molecule has 0 fully saturated rings. The fourth-order valence-electron chi connectivity index (χ4n) is 3.50. The Bertz CT molecular complexity index is 1500. The zero-order valence-electron chi connectivity index (χ0n) is 17.3. The third kappa shape index (κ3) is 4.46. The van der Waals surface area contributed by atoms with Crippen molar-refractivity contribution in [3.63, 3.8) is 0 Å². The molecule has 170 valence electrons. The van der Waals surface area contributed by atoms with Crippen molar-refractivity contribution in [2.75, 3.05) is 5.32 Å². The van der Waals surface area contributed by atoms with Crippen LogP contribution in [0.5, 0.6) is 17.2 Å². The van der Waals surface area contributed by atoms with Crippen molar-refractivity contribution >= 4 is 33.4 Å². The maximum atomic E-state index is 12.9. The molecule has 0 spiro atoms. The number of carbonyl (C=O) groups is 1. The van der Waals surface area contributed by atoms with Crippen LogP contribution in [-0.2, 0) is 0 Å². The Morgan fingerprint density at radius 1 is 0.941 bits per heavy atom. The van der Waals surface area contributed by atoms with Crippen molar-refractivity contribution in [1.29, 1.82) is 0 Å². The van der Waals surface area contributed by atoms with Crippen molar-refractivity contribution in [1.82, 2.24) is 15.2 Å². The average molecular weight is 464 g/mol. The average Bonchev–Trinajstić information content (AvgIpc) is 3.29. The van der Waals surface area contributed by atoms with E-state index in [9.17, 15) is 18.0 Å². The van der Waals surface area contributed by atoms with Crippen LogP contribution in [0.1, 0.15) is 10.4 Å². The van der Waals surface area contributed by atoms with Crippen LogP contribution in [0.15, 0.2) is 79.1 Å². The third-order valence-electron chi connectivity index (χ3n) is 4.98. The van der Waals surface area contributed by atoms with Gasteiger partial charge in [-0.05, 0) is 65.4 Å². The molecular formula is C24H15F3N4O3. The smallest absolute Gasteiger partial charge is 0.456 e. The van der Waals surface area contributed by atoms with Crippen molar-refractivity contribution < 1.29 is 27.4 Å². The lowest BCUT2D eigenvalue weighted by atomic mass is 10.0. The summed E-state index contributed by atoms with van der Waals surface area (Å²) in [5.41, 5.74) is 1.34. The number of benzene rings is 3. The van der Waals surface area contributed by atoms with E-state index in [0.29, 0.717) is 33.8 Å². The van der Waals surface area contributed by atoms with Gasteiger partial charge in [-0.25, -0.2) is 4.98 Å². The van der Waals surface area contributed by atoms with Gasteiger partial charge in [-0.15, -0.1) is 13.2 Å². The molecule has 0 atom stereocenters. The summed E-state index contributed by atoms with van der Waals surface area (Å²) in [6.45, 7) is 0. The van der Waals surface area contributed by atoms with Gasteiger partial charge < -0.3 is 14.8 Å². The fourth-order valence-corrected chi connectivity index (χ4v) is 3.50. The maximum Gasteiger partial charge on any atom is 0.573 e. The van der Waals surface area contributed by atoms with Crippen LogP contribution in [0, 0.1) is 0 Å². The first kappa shape index (κ1) is 21.3. The number of rotatable bonds is 5. The summed E-state index contributed by atoms with van der Waals surface area (Å²) in [4.78, 5) is 17.0. The molecular weight excluding hydrogens is 449 g/mol. The number of H-pyrrole nitrogens is 1. The Balaban J connectivity index is 1.37. The number of ether oxygens (including phenoxy) is 2. The number of nitrogens with one attached hydrogen (secondary N) is 2. The van der Waals surface area contributed by atoms with E-state index in [0.717, 1.165) is 22.9 Å². The molecule has 2 N–H and O–H groups in total. The normalized spacial score (nSPS) is 11.5. The van der Waals surface area contributed by atoms with Crippen molar-refractivity contribution in [3.8, 4) is 17.2 Å². The minimum Gasteiger partial charge on any atom is -0.456 e. The van der Waals surface area contributed by atoms with Crippen LogP contribution >= 0.6 is 0 Å². The summed E-state index contributed by atoms with van der Waals surface area (Å²) in [7, 11) is 0. The maximum absolute atomic E-state index is 12.9. The van der Waals surface area contributed by atoms with E-state index in [2.05, 4.69) is 25.2 Å². The molecule has 3 aromatic carbocycles. The predicted molar refractivity (Wildman–Crippen MR) is 119 cm³/mol. The lowest BCUT2D eigenvalue weighted by Crippen LogP contribution is -2.17. The highest BCUT2D eigenvalue weighted by molar-refractivity contribution is 6.13. The number of aromatic amines is 1. The molecule has 2 heterocycles. The highest BCUT2D eigenvalue weighted by Gasteiger charge is 2.31. The molecule has 0 aliphatic carbocycles. The molecule has 0 radical (unpaired) electrons. The van der Waals surface area contributed by atoms with Gasteiger partial charge in [-0.3, -0.25) is 9.89 Å². The molecule has 5 aromatic rings. The molecule has 0 bridgehead atoms. The summed E-state index contributed by atoms with van der Waals surface area (Å²) in [5, 5.41) is 11.6. The van der Waals surface area contributed by atoms with E-state index in [1.807, 2.05) is 12.1 Å². The molecule has 0 saturated heterocycles. The van der Waals surface area contributed by atoms with E-state index in [4.69, 9.17) is 4.74 Å². The van der Waals surface area contributed by atoms with E-state index in [-0.39, 0.29) is 5.75 Å². The van der Waals surface area contributed by atoms with Crippen molar-refractivity contribution in [2.45, 2.75) is 6.36 Å². The van der Waals surface area contributed by atoms with Crippen LogP contribution in [0.3, 0.4) is 0 Å². The summed E-state index contributed by atoms with van der Waals surface area (Å²) in [5.74, 6) is 0.382. The first-order valence-electron chi connectivity index (χ1n) is 10.0. The predicted octanol–water partition coefficient (Wildman–Crippen LogP) is 6.05. The van der Waals surface area contributed by atoms with Gasteiger partial charge in [0.25, 0.3) is 5.91 Å². The van der Waals surface area contributed by atoms with Crippen LogP contribution in [0.4, 0.5) is 18.9 Å². The van der Waals surface area contributed by atoms with E-state index in [1.54, 1.807) is 42.7 Å². The summed E-state index contributed by atoms with van der Waals surface area (Å²) in [6.07, 6.45) is -1.54. The van der Waals surface area contributed by atoms with Gasteiger partial charge in [-0.2, -0.15) is 5.10 Å². The molecule has 5 rings (SSSR count). The van der Waals surface area contributed by atoms with Gasteiger partial charge >= 0.3 is 6.36 Å². The number of alkyl halides is 3. The first-order chi connectivity index (χ1) is 16.4. The SMILES string of the molecule is O=C(Nc1ccc(OC(F)(F)F)cc1)c1cccc2cc(Oc3ccnc4[nH]ncc34)ccc12. The standard InChI is InChI=1S/C24H15F3N4O3/c25-24(26,27)34-16-6-4-15(5-7-16)30-23(32)19-3-1-2-14-12-17(8-9-18(14)19)33-21-10-11-28-22-20(21)13-29-31-22/h1-13H,(H,30,32)(H,28,29,31). The summed E-state index contributed by atoms with van der Waals surface area (Å²) < 4.78 is 46.8. The van der Waals surface area contributed by atoms with Crippen molar-refractivity contribution in [2.24, 2.45) is 0 Å². The zero-order chi connectivity index (χ0) is 23.7. The Morgan fingerprint density at radius 3 is 2.53 bits per heavy atom. The fraction of sp³-hybridized carbons (Fsp3) is 0.0417. The van der Waals surface area contributed by atoms with Gasteiger partial charge in [0, 0.05) is 17.4 Å². The quantitative estimate of drug-likeness (QED) is 0.330. The second-order valence-corrected chi connectivity index (χ2v) is 7.26. The molecule has 34 heavy (non-hydrogen) atoms. The molecule has 0 saturated carbocycles. The third-order valence-corrected chi connectivity index (χ3v) is 4.98. The van der Waals surface area contributed by atoms with Crippen LogP contribution < -0.4 is 14.8 Å². The van der Waals surface area contributed by atoms with E-state index >= 15 is 0 Å². The number of anilines is 1. The Kier molecular flexibility index (Phi) is 5.25. The molecule has 0 aliphatic rings. The molecule has 2 aromatic heterocycles. The largest absolute Gasteiger partial charge is 0.573 e. The first-order valence-corrected chi connectivity index (χ1v) is 10.0. The molecule has 1 amide bonds. The number of hydrogen-bond acceptors (Lipinski definition) is 5. The summed E-state index contributed by atoms with van der Waals surface area (Å²) in [6, 6.07) is 17.2. The van der Waals surface area contributed by atoms with Crippen LogP contribution in [0.2, 0.25) is 0 Å². The molecule has 0 unspecified atom stereocenters. The number of amides is 1. The van der Waals surface area contributed by atoms with Gasteiger partial charge in [-0.1, -0.05) is 12.1 Å². The van der Waals surface area contributed by atoms with Crippen molar-refractivity contribution in [3.05, 3.63) is 84.7 Å². The van der Waals surface area contributed by atoms with Gasteiger partial charge in [0.15, 0.2) is 5.65 Å².